The number of hydrogen-bond acceptors (Lipinski definition) is 3. The van der Waals surface area contributed by atoms with Gasteiger partial charge < -0.3 is 15.4 Å². The van der Waals surface area contributed by atoms with Crippen LogP contribution in [0.2, 0.25) is 0 Å². The molecule has 0 amide bonds. The molecule has 0 saturated carbocycles. The fraction of sp³-hybridized carbons (Fsp3) is 0.273. The number of nitrogens with two attached hydrogens (primary N) is 1. The van der Waals surface area contributed by atoms with Crippen LogP contribution in [-0.2, 0) is 0 Å². The Hall–Kier alpha value is -2.59. The Kier molecular flexibility index (Phi) is 5.74. The van der Waals surface area contributed by atoms with Crippen molar-refractivity contribution < 1.29 is 9.13 Å². The Morgan fingerprint density at radius 1 is 1.00 bits per heavy atom. The zero-order valence-corrected chi connectivity index (χ0v) is 15.3. The number of methoxy groups -OCH3 is 1. The first-order valence-electron chi connectivity index (χ1n) is 8.94. The van der Waals surface area contributed by atoms with Gasteiger partial charge >= 0.3 is 0 Å². The first kappa shape index (κ1) is 18.2. The molecule has 0 aliphatic heterocycles. The molecule has 0 aliphatic carbocycles. The lowest BCUT2D eigenvalue weighted by atomic mass is 10.0. The molecule has 0 spiro atoms. The predicted molar refractivity (Wildman–Crippen MR) is 106 cm³/mol. The van der Waals surface area contributed by atoms with E-state index in [9.17, 15) is 4.39 Å². The summed E-state index contributed by atoms with van der Waals surface area (Å²) in [4.78, 5) is 2.31. The van der Waals surface area contributed by atoms with Crippen LogP contribution in [0.4, 0.5) is 10.1 Å². The summed E-state index contributed by atoms with van der Waals surface area (Å²) >= 11 is 0. The second-order valence-corrected chi connectivity index (χ2v) is 6.42. The largest absolute Gasteiger partial charge is 0.497 e. The zero-order valence-electron chi connectivity index (χ0n) is 15.3. The van der Waals surface area contributed by atoms with E-state index < -0.39 is 0 Å². The average molecular weight is 352 g/mol. The van der Waals surface area contributed by atoms with Crippen LogP contribution in [0, 0.1) is 5.82 Å². The molecular formula is C22H25FN2O. The first-order valence-corrected chi connectivity index (χ1v) is 8.94. The molecular weight excluding hydrogens is 327 g/mol. The van der Waals surface area contributed by atoms with E-state index in [1.165, 1.54) is 23.2 Å². The van der Waals surface area contributed by atoms with Crippen LogP contribution < -0.4 is 15.4 Å². The molecule has 0 heterocycles. The topological polar surface area (TPSA) is 38.5 Å². The lowest BCUT2D eigenvalue weighted by Crippen LogP contribution is -2.27. The van der Waals surface area contributed by atoms with Gasteiger partial charge in [-0.3, -0.25) is 0 Å². The maximum Gasteiger partial charge on any atom is 0.123 e. The van der Waals surface area contributed by atoms with Crippen molar-refractivity contribution in [1.82, 2.24) is 0 Å². The molecule has 0 bridgehead atoms. The van der Waals surface area contributed by atoms with Crippen LogP contribution in [0.25, 0.3) is 10.8 Å². The van der Waals surface area contributed by atoms with Crippen molar-refractivity contribution in [1.29, 1.82) is 0 Å². The van der Waals surface area contributed by atoms with Crippen molar-refractivity contribution in [3.05, 3.63) is 72.0 Å². The number of nitrogens with zero attached hydrogens (tertiary/aromatic N) is 1. The predicted octanol–water partition coefficient (Wildman–Crippen LogP) is 4.90. The fourth-order valence-corrected chi connectivity index (χ4v) is 3.18. The van der Waals surface area contributed by atoms with E-state index in [4.69, 9.17) is 10.5 Å². The Morgan fingerprint density at radius 3 is 2.38 bits per heavy atom. The van der Waals surface area contributed by atoms with Gasteiger partial charge in [0.2, 0.25) is 0 Å². The van der Waals surface area contributed by atoms with E-state index in [0.717, 1.165) is 36.2 Å². The lowest BCUT2D eigenvalue weighted by Gasteiger charge is -2.25. The van der Waals surface area contributed by atoms with Gasteiger partial charge in [-0.15, -0.1) is 0 Å². The summed E-state index contributed by atoms with van der Waals surface area (Å²) in [5, 5.41) is 2.34. The molecule has 3 rings (SSSR count). The van der Waals surface area contributed by atoms with Crippen LogP contribution in [0.1, 0.15) is 24.9 Å². The molecule has 0 aromatic heterocycles. The second kappa shape index (κ2) is 8.19. The van der Waals surface area contributed by atoms with Crippen molar-refractivity contribution in [3.8, 4) is 5.75 Å². The number of benzene rings is 3. The van der Waals surface area contributed by atoms with E-state index in [2.05, 4.69) is 36.1 Å². The SMILES string of the molecule is CCN(CCC(N)c1ccc(F)cc1)c1ccc2cc(OC)ccc2c1. The van der Waals surface area contributed by atoms with E-state index in [1.807, 2.05) is 12.1 Å². The van der Waals surface area contributed by atoms with Gasteiger partial charge in [0.05, 0.1) is 7.11 Å². The molecule has 3 aromatic rings. The van der Waals surface area contributed by atoms with Crippen LogP contribution in [0.15, 0.2) is 60.7 Å². The highest BCUT2D eigenvalue weighted by Gasteiger charge is 2.11. The van der Waals surface area contributed by atoms with Crippen LogP contribution in [0.3, 0.4) is 0 Å². The minimum Gasteiger partial charge on any atom is -0.497 e. The minimum absolute atomic E-state index is 0.102. The Morgan fingerprint density at radius 2 is 1.69 bits per heavy atom. The minimum atomic E-state index is -0.232. The standard InChI is InChI=1S/C22H25FN2O/c1-3-25(13-12-22(24)16-4-8-19(23)9-5-16)20-10-6-18-15-21(26-2)11-7-17(18)14-20/h4-11,14-15,22H,3,12-13,24H2,1-2H3. The maximum atomic E-state index is 13.1. The van der Waals surface area contributed by atoms with Gasteiger partial charge in [0.15, 0.2) is 0 Å². The highest BCUT2D eigenvalue weighted by atomic mass is 19.1. The van der Waals surface area contributed by atoms with Crippen LogP contribution in [-0.4, -0.2) is 20.2 Å². The normalized spacial score (nSPS) is 12.2. The summed E-state index contributed by atoms with van der Waals surface area (Å²) in [5.74, 6) is 0.631. The van der Waals surface area contributed by atoms with E-state index in [-0.39, 0.29) is 11.9 Å². The number of anilines is 1. The first-order chi connectivity index (χ1) is 12.6. The van der Waals surface area contributed by atoms with Gasteiger partial charge in [0, 0.05) is 24.8 Å². The van der Waals surface area contributed by atoms with Crippen molar-refractivity contribution >= 4 is 16.5 Å². The molecule has 136 valence electrons. The average Bonchev–Trinajstić information content (AvgIpc) is 2.68. The summed E-state index contributed by atoms with van der Waals surface area (Å²) in [6.45, 7) is 3.89. The van der Waals surface area contributed by atoms with E-state index >= 15 is 0 Å². The summed E-state index contributed by atoms with van der Waals surface area (Å²) in [5.41, 5.74) is 8.43. The molecule has 1 unspecified atom stereocenters. The summed E-state index contributed by atoms with van der Waals surface area (Å²) < 4.78 is 18.3. The molecule has 0 fully saturated rings. The number of ether oxygens (including phenoxy) is 1. The summed E-state index contributed by atoms with van der Waals surface area (Å²) in [6.07, 6.45) is 0.806. The third kappa shape index (κ3) is 4.14. The van der Waals surface area contributed by atoms with Crippen molar-refractivity contribution in [3.63, 3.8) is 0 Å². The van der Waals surface area contributed by atoms with Crippen molar-refractivity contribution in [2.75, 3.05) is 25.1 Å². The molecule has 0 aliphatic rings. The van der Waals surface area contributed by atoms with Crippen LogP contribution in [0.5, 0.6) is 5.75 Å². The highest BCUT2D eigenvalue weighted by Crippen LogP contribution is 2.26. The Balaban J connectivity index is 1.71. The van der Waals surface area contributed by atoms with Gasteiger partial charge in [-0.05, 0) is 66.1 Å². The molecule has 4 heteroatoms. The van der Waals surface area contributed by atoms with E-state index in [1.54, 1.807) is 19.2 Å². The molecule has 0 radical (unpaired) electrons. The zero-order chi connectivity index (χ0) is 18.5. The number of fused-ring (bicyclic) bond motifs is 1. The molecule has 3 aromatic carbocycles. The lowest BCUT2D eigenvalue weighted by molar-refractivity contribution is 0.415. The smallest absolute Gasteiger partial charge is 0.123 e. The van der Waals surface area contributed by atoms with Crippen molar-refractivity contribution in [2.45, 2.75) is 19.4 Å². The van der Waals surface area contributed by atoms with E-state index in [0.29, 0.717) is 0 Å². The third-order valence-corrected chi connectivity index (χ3v) is 4.79. The second-order valence-electron chi connectivity index (χ2n) is 6.42. The van der Waals surface area contributed by atoms with Gasteiger partial charge in [-0.25, -0.2) is 4.39 Å². The Labute approximate surface area is 154 Å². The molecule has 3 nitrogen and oxygen atoms in total. The third-order valence-electron chi connectivity index (χ3n) is 4.79. The number of halogens is 1. The molecule has 26 heavy (non-hydrogen) atoms. The monoisotopic (exact) mass is 352 g/mol. The van der Waals surface area contributed by atoms with Gasteiger partial charge in [0.25, 0.3) is 0 Å². The maximum absolute atomic E-state index is 13.1. The summed E-state index contributed by atoms with van der Waals surface area (Å²) in [6, 6.07) is 18.9. The van der Waals surface area contributed by atoms with Gasteiger partial charge in [-0.2, -0.15) is 0 Å². The number of hydrogen-bond donors (Lipinski definition) is 1. The fourth-order valence-electron chi connectivity index (χ4n) is 3.18. The van der Waals surface area contributed by atoms with Gasteiger partial charge in [-0.1, -0.05) is 24.3 Å². The molecule has 2 N–H and O–H groups in total. The molecule has 1 atom stereocenters. The van der Waals surface area contributed by atoms with Gasteiger partial charge in [0.1, 0.15) is 11.6 Å². The Bertz CT molecular complexity index is 864. The van der Waals surface area contributed by atoms with Crippen molar-refractivity contribution in [2.24, 2.45) is 5.73 Å². The number of rotatable bonds is 7. The van der Waals surface area contributed by atoms with Crippen LogP contribution >= 0.6 is 0 Å². The summed E-state index contributed by atoms with van der Waals surface area (Å²) in [7, 11) is 1.68. The quantitative estimate of drug-likeness (QED) is 0.657. The highest BCUT2D eigenvalue weighted by molar-refractivity contribution is 5.87. The molecule has 0 saturated heterocycles.